The van der Waals surface area contributed by atoms with Crippen LogP contribution in [0.5, 0.6) is 0 Å². The summed E-state index contributed by atoms with van der Waals surface area (Å²) in [6, 6.07) is 11.5. The van der Waals surface area contributed by atoms with Crippen molar-refractivity contribution in [3.05, 3.63) is 53.8 Å². The van der Waals surface area contributed by atoms with Gasteiger partial charge in [-0.2, -0.15) is 4.80 Å². The van der Waals surface area contributed by atoms with Crippen LogP contribution in [-0.4, -0.2) is 69.2 Å². The number of halogens is 1. The molecule has 8 nitrogen and oxygen atoms in total. The van der Waals surface area contributed by atoms with E-state index in [9.17, 15) is 14.3 Å². The molecular formula is C22H21FN6O2. The molecule has 0 amide bonds. The smallest absolute Gasteiger partial charge is 0.336 e. The van der Waals surface area contributed by atoms with Crippen molar-refractivity contribution in [1.82, 2.24) is 24.9 Å². The van der Waals surface area contributed by atoms with E-state index in [0.29, 0.717) is 39.5 Å². The van der Waals surface area contributed by atoms with Crippen LogP contribution in [0.1, 0.15) is 16.8 Å². The standard InChI is InChI=1S/C22H21FN6O2/c1-27(2)15-8-9-28(12-15)19-11-16(22(30)31)20-17(24-19)6-7-18-21(20)26-29(25-18)14-5-3-4-13(23)10-14/h3-7,10-11,15H,8-9,12H2,1-2H3,(H,30,31). The van der Waals surface area contributed by atoms with Crippen molar-refractivity contribution in [3.63, 3.8) is 0 Å². The number of carboxylic acid groups (broad SMARTS) is 1. The number of hydrogen-bond donors (Lipinski definition) is 1. The van der Waals surface area contributed by atoms with Crippen molar-refractivity contribution in [2.45, 2.75) is 12.5 Å². The molecule has 1 atom stereocenters. The second kappa shape index (κ2) is 7.28. The van der Waals surface area contributed by atoms with E-state index in [-0.39, 0.29) is 5.56 Å². The van der Waals surface area contributed by atoms with Gasteiger partial charge in [0.2, 0.25) is 0 Å². The molecule has 0 saturated carbocycles. The van der Waals surface area contributed by atoms with Gasteiger partial charge in [0.25, 0.3) is 0 Å². The third-order valence-corrected chi connectivity index (χ3v) is 5.80. The Hall–Kier alpha value is -3.59. The lowest BCUT2D eigenvalue weighted by Gasteiger charge is -2.21. The Morgan fingerprint density at radius 3 is 2.68 bits per heavy atom. The van der Waals surface area contributed by atoms with Crippen LogP contribution in [-0.2, 0) is 0 Å². The molecule has 9 heteroatoms. The number of aromatic carboxylic acids is 1. The summed E-state index contributed by atoms with van der Waals surface area (Å²) in [5.41, 5.74) is 2.07. The van der Waals surface area contributed by atoms with Crippen LogP contribution in [0.15, 0.2) is 42.5 Å². The minimum atomic E-state index is -1.05. The molecule has 1 fully saturated rings. The predicted octanol–water partition coefficient (Wildman–Crippen LogP) is 2.95. The van der Waals surface area contributed by atoms with Gasteiger partial charge in [-0.05, 0) is 50.8 Å². The van der Waals surface area contributed by atoms with Crippen LogP contribution >= 0.6 is 0 Å². The van der Waals surface area contributed by atoms with Gasteiger partial charge < -0.3 is 14.9 Å². The average Bonchev–Trinajstić information content (AvgIpc) is 3.40. The molecule has 31 heavy (non-hydrogen) atoms. The first-order valence-electron chi connectivity index (χ1n) is 10.0. The number of likely N-dealkylation sites (N-methyl/N-ethyl adjacent to an activating group) is 1. The number of benzene rings is 2. The van der Waals surface area contributed by atoms with Crippen LogP contribution in [0.4, 0.5) is 10.2 Å². The highest BCUT2D eigenvalue weighted by Crippen LogP contribution is 2.30. The fourth-order valence-corrected chi connectivity index (χ4v) is 4.10. The number of carboxylic acids is 1. The van der Waals surface area contributed by atoms with Gasteiger partial charge in [0.15, 0.2) is 0 Å². The number of hydrogen-bond acceptors (Lipinski definition) is 6. The van der Waals surface area contributed by atoms with Crippen molar-refractivity contribution in [2.24, 2.45) is 0 Å². The van der Waals surface area contributed by atoms with E-state index in [2.05, 4.69) is 20.0 Å². The largest absolute Gasteiger partial charge is 0.478 e. The Kier molecular flexibility index (Phi) is 4.55. The molecular weight excluding hydrogens is 399 g/mol. The van der Waals surface area contributed by atoms with Crippen LogP contribution < -0.4 is 4.90 Å². The molecule has 1 saturated heterocycles. The topological polar surface area (TPSA) is 87.4 Å². The third kappa shape index (κ3) is 3.36. The van der Waals surface area contributed by atoms with Crippen molar-refractivity contribution >= 4 is 33.7 Å². The molecule has 5 rings (SSSR count). The molecule has 1 N–H and O–H groups in total. The second-order valence-electron chi connectivity index (χ2n) is 7.98. The molecule has 1 aliphatic rings. The zero-order valence-electron chi connectivity index (χ0n) is 17.2. The summed E-state index contributed by atoms with van der Waals surface area (Å²) in [4.78, 5) is 22.5. The van der Waals surface area contributed by atoms with Crippen molar-refractivity contribution < 1.29 is 14.3 Å². The normalized spacial score (nSPS) is 16.6. The molecule has 0 spiro atoms. The van der Waals surface area contributed by atoms with Crippen LogP contribution in [0.2, 0.25) is 0 Å². The minimum absolute atomic E-state index is 0.130. The van der Waals surface area contributed by atoms with Crippen molar-refractivity contribution in [3.8, 4) is 5.69 Å². The zero-order valence-corrected chi connectivity index (χ0v) is 17.2. The summed E-state index contributed by atoms with van der Waals surface area (Å²) < 4.78 is 13.6. The Balaban J connectivity index is 1.66. The van der Waals surface area contributed by atoms with E-state index in [1.807, 2.05) is 14.1 Å². The highest BCUT2D eigenvalue weighted by atomic mass is 19.1. The Morgan fingerprint density at radius 2 is 1.97 bits per heavy atom. The Labute approximate surface area is 177 Å². The molecule has 1 unspecified atom stereocenters. The molecule has 158 valence electrons. The van der Waals surface area contributed by atoms with E-state index >= 15 is 0 Å². The molecule has 2 aromatic heterocycles. The molecule has 0 aliphatic carbocycles. The summed E-state index contributed by atoms with van der Waals surface area (Å²) in [6.07, 6.45) is 0.996. The molecule has 0 bridgehead atoms. The number of pyridine rings is 1. The van der Waals surface area contributed by atoms with Gasteiger partial charge in [0, 0.05) is 30.6 Å². The van der Waals surface area contributed by atoms with Crippen molar-refractivity contribution in [2.75, 3.05) is 32.1 Å². The highest BCUT2D eigenvalue weighted by Gasteiger charge is 2.27. The fourth-order valence-electron chi connectivity index (χ4n) is 4.10. The number of aromatic nitrogens is 4. The molecule has 4 aromatic rings. The second-order valence-corrected chi connectivity index (χ2v) is 7.98. The maximum Gasteiger partial charge on any atom is 0.336 e. The lowest BCUT2D eigenvalue weighted by atomic mass is 10.1. The predicted molar refractivity (Wildman–Crippen MR) is 115 cm³/mol. The van der Waals surface area contributed by atoms with Gasteiger partial charge in [0.05, 0.1) is 16.8 Å². The van der Waals surface area contributed by atoms with E-state index < -0.39 is 11.8 Å². The highest BCUT2D eigenvalue weighted by molar-refractivity contribution is 6.13. The van der Waals surface area contributed by atoms with E-state index in [4.69, 9.17) is 4.98 Å². The number of fused-ring (bicyclic) bond motifs is 3. The number of carbonyl (C=O) groups is 1. The van der Waals surface area contributed by atoms with Gasteiger partial charge in [-0.1, -0.05) is 6.07 Å². The maximum absolute atomic E-state index is 13.6. The van der Waals surface area contributed by atoms with Gasteiger partial charge in [-0.25, -0.2) is 14.2 Å². The average molecular weight is 420 g/mol. The van der Waals surface area contributed by atoms with E-state index in [1.165, 1.54) is 16.9 Å². The number of rotatable bonds is 4. The summed E-state index contributed by atoms with van der Waals surface area (Å²) in [5.74, 6) is -0.807. The van der Waals surface area contributed by atoms with E-state index in [0.717, 1.165) is 19.5 Å². The summed E-state index contributed by atoms with van der Waals surface area (Å²) >= 11 is 0. The minimum Gasteiger partial charge on any atom is -0.478 e. The van der Waals surface area contributed by atoms with Crippen LogP contribution in [0, 0.1) is 5.82 Å². The van der Waals surface area contributed by atoms with Crippen LogP contribution in [0.3, 0.4) is 0 Å². The summed E-state index contributed by atoms with van der Waals surface area (Å²) in [7, 11) is 4.09. The fraction of sp³-hybridized carbons (Fsp3) is 0.273. The number of anilines is 1. The van der Waals surface area contributed by atoms with Gasteiger partial charge >= 0.3 is 5.97 Å². The molecule has 2 aromatic carbocycles. The van der Waals surface area contributed by atoms with E-state index in [1.54, 1.807) is 30.3 Å². The lowest BCUT2D eigenvalue weighted by Crippen LogP contribution is -2.31. The maximum atomic E-state index is 13.6. The molecule has 1 aliphatic heterocycles. The monoisotopic (exact) mass is 420 g/mol. The van der Waals surface area contributed by atoms with Gasteiger partial charge in [0.1, 0.15) is 22.7 Å². The third-order valence-electron chi connectivity index (χ3n) is 5.80. The first-order valence-corrected chi connectivity index (χ1v) is 10.0. The molecule has 3 heterocycles. The summed E-state index contributed by atoms with van der Waals surface area (Å²) in [6.45, 7) is 1.61. The van der Waals surface area contributed by atoms with Gasteiger partial charge in [-0.15, -0.1) is 10.2 Å². The lowest BCUT2D eigenvalue weighted by molar-refractivity contribution is 0.0699. The number of nitrogens with zero attached hydrogens (tertiary/aromatic N) is 6. The Bertz CT molecular complexity index is 1320. The SMILES string of the molecule is CN(C)C1CCN(c2cc(C(=O)O)c3c(ccc4nn(-c5cccc(F)c5)nc43)n2)C1. The zero-order chi connectivity index (χ0) is 21.7. The summed E-state index contributed by atoms with van der Waals surface area (Å²) in [5, 5.41) is 19.3. The Morgan fingerprint density at radius 1 is 1.16 bits per heavy atom. The van der Waals surface area contributed by atoms with Crippen molar-refractivity contribution in [1.29, 1.82) is 0 Å². The van der Waals surface area contributed by atoms with Crippen LogP contribution in [0.25, 0.3) is 27.6 Å². The van der Waals surface area contributed by atoms with Gasteiger partial charge in [-0.3, -0.25) is 0 Å². The first-order chi connectivity index (χ1) is 14.9. The first kappa shape index (κ1) is 19.4. The quantitative estimate of drug-likeness (QED) is 0.543. The molecule has 0 radical (unpaired) electrons.